The molecule has 0 saturated carbocycles. The Morgan fingerprint density at radius 2 is 1.55 bits per heavy atom. The molecule has 1 atom stereocenters. The zero-order valence-electron chi connectivity index (χ0n) is 4.82. The lowest BCUT2D eigenvalue weighted by atomic mass is 11.6. The summed E-state index contributed by atoms with van der Waals surface area (Å²) >= 11 is 0. The molecule has 0 aromatic heterocycles. The highest BCUT2D eigenvalue weighted by molar-refractivity contribution is 7.75. The van der Waals surface area contributed by atoms with Crippen LogP contribution in [0.25, 0.3) is 0 Å². The van der Waals surface area contributed by atoms with Gasteiger partial charge in [0.15, 0.2) is 0 Å². The van der Waals surface area contributed by atoms with Gasteiger partial charge in [-0.15, -0.1) is 0 Å². The van der Waals surface area contributed by atoms with Gasteiger partial charge in [-0.25, -0.2) is 13.9 Å². The maximum atomic E-state index is 10.2. The van der Waals surface area contributed by atoms with E-state index in [2.05, 4.69) is 4.31 Å². The summed E-state index contributed by atoms with van der Waals surface area (Å²) in [4.78, 5) is 33.7. The molecule has 8 nitrogen and oxygen atoms in total. The first-order valence-electron chi connectivity index (χ1n) is 1.98. The molecule has 0 heterocycles. The first-order valence-corrected chi connectivity index (χ1v) is 5.09. The molecule has 11 heavy (non-hydrogen) atoms. The predicted molar refractivity (Wildman–Crippen MR) is 31.0 cm³/mol. The molecule has 4 N–H and O–H groups in total. The summed E-state index contributed by atoms with van der Waals surface area (Å²) in [6, 6.07) is 0. The minimum atomic E-state index is -5.24. The van der Waals surface area contributed by atoms with Crippen LogP contribution in [-0.2, 0) is 13.4 Å². The number of hydrogen-bond donors (Lipinski definition) is 4. The third-order valence-corrected chi connectivity index (χ3v) is 2.68. The van der Waals surface area contributed by atoms with E-state index in [9.17, 15) is 13.9 Å². The van der Waals surface area contributed by atoms with Gasteiger partial charge in [0.1, 0.15) is 0 Å². The number of carboxylic acid groups (broad SMARTS) is 1. The topological polar surface area (TPSA) is 141 Å². The molecule has 0 bridgehead atoms. The van der Waals surface area contributed by atoms with Crippen molar-refractivity contribution in [3.05, 3.63) is 0 Å². The smallest absolute Gasteiger partial charge is 0.472 e. The van der Waals surface area contributed by atoms with Crippen molar-refractivity contribution in [3.8, 4) is 0 Å². The van der Waals surface area contributed by atoms with E-state index >= 15 is 0 Å². The Bertz CT molecular complexity index is 247. The molecule has 0 rings (SSSR count). The van der Waals surface area contributed by atoms with Crippen LogP contribution in [-0.4, -0.2) is 25.5 Å². The zero-order chi connectivity index (χ0) is 9.28. The van der Waals surface area contributed by atoms with Gasteiger partial charge in [0, 0.05) is 0 Å². The fourth-order valence-corrected chi connectivity index (χ4v) is 1.61. The fourth-order valence-electron chi connectivity index (χ4n) is 0.179. The van der Waals surface area contributed by atoms with Crippen molar-refractivity contribution in [1.29, 1.82) is 0 Å². The molecule has 0 aliphatic rings. The molecule has 1 unspecified atom stereocenters. The first-order chi connectivity index (χ1) is 4.65. The Labute approximate surface area is 60.2 Å². The number of phosphoric acid groups is 1. The van der Waals surface area contributed by atoms with Crippen molar-refractivity contribution in [3.63, 3.8) is 0 Å². The summed E-state index contributed by atoms with van der Waals surface area (Å²) in [5.74, 6) is 0. The van der Waals surface area contributed by atoms with Gasteiger partial charge in [0.2, 0.25) is 0 Å². The Kier molecular flexibility index (Phi) is 2.96. The highest BCUT2D eigenvalue weighted by atomic mass is 31.3. The largest absolute Gasteiger partial charge is 0.477 e. The lowest BCUT2D eigenvalue weighted by Gasteiger charge is -2.06. The quantitative estimate of drug-likeness (QED) is 0.471. The maximum absolute atomic E-state index is 10.2. The lowest BCUT2D eigenvalue weighted by Crippen LogP contribution is -1.97. The molecule has 0 radical (unpaired) electrons. The highest BCUT2D eigenvalue weighted by Crippen LogP contribution is 2.57. The summed E-state index contributed by atoms with van der Waals surface area (Å²) < 4.78 is 23.1. The standard InChI is InChI=1S/CH4O8P2/c2-1(3)10(4,5)9-11(6,7)8/h(H,2,3)(H,4,5)(H2,6,7,8). The summed E-state index contributed by atoms with van der Waals surface area (Å²) in [7, 11) is -10.5. The molecule has 10 heteroatoms. The van der Waals surface area contributed by atoms with E-state index in [1.54, 1.807) is 0 Å². The van der Waals surface area contributed by atoms with Crippen LogP contribution >= 0.6 is 15.4 Å². The van der Waals surface area contributed by atoms with E-state index in [1.807, 2.05) is 0 Å². The Morgan fingerprint density at radius 1 is 1.18 bits per heavy atom. The zero-order valence-corrected chi connectivity index (χ0v) is 6.61. The number of hydrogen-bond acceptors (Lipinski definition) is 4. The third kappa shape index (κ3) is 4.26. The molecule has 0 saturated heterocycles. The van der Waals surface area contributed by atoms with Gasteiger partial charge in [-0.05, 0) is 0 Å². The van der Waals surface area contributed by atoms with Gasteiger partial charge < -0.3 is 19.8 Å². The summed E-state index contributed by atoms with van der Waals surface area (Å²) in [5.41, 5.74) is -2.32. The van der Waals surface area contributed by atoms with E-state index < -0.39 is 21.1 Å². The van der Waals surface area contributed by atoms with Gasteiger partial charge >= 0.3 is 21.1 Å². The van der Waals surface area contributed by atoms with Gasteiger partial charge in [-0.1, -0.05) is 0 Å². The van der Waals surface area contributed by atoms with E-state index in [4.69, 9.17) is 19.8 Å². The van der Waals surface area contributed by atoms with Crippen LogP contribution < -0.4 is 0 Å². The molecule has 0 aliphatic carbocycles. The van der Waals surface area contributed by atoms with Gasteiger partial charge in [0.05, 0.1) is 0 Å². The molecular formula is CH4O8P2. The number of rotatable bonds is 3. The minimum Gasteiger partial charge on any atom is -0.472 e. The van der Waals surface area contributed by atoms with Gasteiger partial charge in [-0.2, -0.15) is 4.31 Å². The van der Waals surface area contributed by atoms with E-state index in [0.717, 1.165) is 0 Å². The van der Waals surface area contributed by atoms with Gasteiger partial charge in [-0.3, -0.25) is 0 Å². The van der Waals surface area contributed by atoms with Crippen molar-refractivity contribution >= 4 is 21.1 Å². The molecule has 0 amide bonds. The van der Waals surface area contributed by atoms with Gasteiger partial charge in [0.25, 0.3) is 0 Å². The van der Waals surface area contributed by atoms with E-state index in [-0.39, 0.29) is 0 Å². The third-order valence-electron chi connectivity index (χ3n) is 0.459. The Hall–Kier alpha value is -0.230. The van der Waals surface area contributed by atoms with Crippen LogP contribution in [0.2, 0.25) is 0 Å². The summed E-state index contributed by atoms with van der Waals surface area (Å²) in [6.45, 7) is 0. The van der Waals surface area contributed by atoms with Crippen molar-refractivity contribution in [2.75, 3.05) is 0 Å². The van der Waals surface area contributed by atoms with Crippen molar-refractivity contribution in [2.45, 2.75) is 0 Å². The minimum absolute atomic E-state index is 2.32. The van der Waals surface area contributed by atoms with Crippen molar-refractivity contribution in [2.24, 2.45) is 0 Å². The highest BCUT2D eigenvalue weighted by Gasteiger charge is 2.38. The average Bonchev–Trinajstić information content (AvgIpc) is 1.56. The summed E-state index contributed by atoms with van der Waals surface area (Å²) in [5, 5.41) is 7.82. The molecular weight excluding hydrogens is 202 g/mol. The van der Waals surface area contributed by atoms with E-state index in [1.165, 1.54) is 0 Å². The lowest BCUT2D eigenvalue weighted by molar-refractivity contribution is 0.203. The van der Waals surface area contributed by atoms with Crippen LogP contribution in [0.15, 0.2) is 0 Å². The maximum Gasteiger partial charge on any atom is 0.477 e. The van der Waals surface area contributed by atoms with Crippen LogP contribution in [0.1, 0.15) is 0 Å². The second-order valence-corrected chi connectivity index (χ2v) is 4.43. The molecule has 0 aliphatic heterocycles. The van der Waals surface area contributed by atoms with Crippen LogP contribution in [0.5, 0.6) is 0 Å². The van der Waals surface area contributed by atoms with Crippen LogP contribution in [0.4, 0.5) is 4.79 Å². The van der Waals surface area contributed by atoms with Crippen molar-refractivity contribution in [1.82, 2.24) is 0 Å². The monoisotopic (exact) mass is 206 g/mol. The molecule has 0 spiro atoms. The van der Waals surface area contributed by atoms with E-state index in [0.29, 0.717) is 0 Å². The Morgan fingerprint density at radius 3 is 1.64 bits per heavy atom. The predicted octanol–water partition coefficient (Wildman–Crippen LogP) is -0.0409. The second kappa shape index (κ2) is 3.02. The fraction of sp³-hybridized carbons (Fsp3) is 0. The molecule has 0 aromatic carbocycles. The SMILES string of the molecule is O=C(O)P(=O)(O)OP(=O)(O)O. The average molecular weight is 206 g/mol. The van der Waals surface area contributed by atoms with Crippen molar-refractivity contribution < 1.29 is 38.0 Å². The first kappa shape index (κ1) is 10.8. The molecule has 66 valence electrons. The normalized spacial score (nSPS) is 17.4. The van der Waals surface area contributed by atoms with Crippen LogP contribution in [0, 0.1) is 0 Å². The van der Waals surface area contributed by atoms with Crippen LogP contribution in [0.3, 0.4) is 0 Å². The molecule has 0 fully saturated rings. The summed E-state index contributed by atoms with van der Waals surface area (Å²) in [6.07, 6.45) is 0. The Balaban J connectivity index is 4.52. The number of carbonyl (C=O) groups is 1. The molecule has 0 aromatic rings. The second-order valence-electron chi connectivity index (χ2n) is 1.38.